The van der Waals surface area contributed by atoms with Crippen LogP contribution in [0.5, 0.6) is 0 Å². The van der Waals surface area contributed by atoms with Crippen molar-refractivity contribution in [2.45, 2.75) is 37.2 Å². The van der Waals surface area contributed by atoms with Crippen molar-refractivity contribution in [3.8, 4) is 5.69 Å². The molecule has 6 nitrogen and oxygen atoms in total. The summed E-state index contributed by atoms with van der Waals surface area (Å²) in [6.07, 6.45) is 3.12. The molecule has 4 aromatic rings. The van der Waals surface area contributed by atoms with Crippen molar-refractivity contribution in [1.29, 1.82) is 0 Å². The SMILES string of the molecule is Cc1cc2c(cnn2-c2ccc(F)cc2)cc1[C@@]12CN(C(=O)OC3CCOCC3)C[C@@H]1[C@H]2c1ccccc1. The van der Waals surface area contributed by atoms with Crippen molar-refractivity contribution in [1.82, 2.24) is 14.7 Å². The van der Waals surface area contributed by atoms with Crippen LogP contribution >= 0.6 is 0 Å². The second-order valence-electron chi connectivity index (χ2n) is 10.9. The molecule has 0 radical (unpaired) electrons. The number of rotatable bonds is 4. The lowest BCUT2D eigenvalue weighted by atomic mass is 9.86. The van der Waals surface area contributed by atoms with Gasteiger partial charge in [-0.25, -0.2) is 13.9 Å². The molecule has 1 amide bonds. The maximum absolute atomic E-state index is 13.5. The van der Waals surface area contributed by atoms with Gasteiger partial charge in [-0.3, -0.25) is 0 Å². The number of ether oxygens (including phenoxy) is 2. The van der Waals surface area contributed by atoms with Gasteiger partial charge in [0.05, 0.1) is 30.6 Å². The van der Waals surface area contributed by atoms with Crippen LogP contribution in [0.3, 0.4) is 0 Å². The largest absolute Gasteiger partial charge is 0.446 e. The first-order chi connectivity index (χ1) is 18.5. The summed E-state index contributed by atoms with van der Waals surface area (Å²) in [7, 11) is 0. The first-order valence-corrected chi connectivity index (χ1v) is 13.4. The molecule has 1 aliphatic carbocycles. The first kappa shape index (κ1) is 23.4. The number of amides is 1. The van der Waals surface area contributed by atoms with E-state index >= 15 is 0 Å². The van der Waals surface area contributed by atoms with E-state index in [1.54, 1.807) is 12.1 Å². The van der Waals surface area contributed by atoms with Crippen LogP contribution in [0.15, 0.2) is 72.9 Å². The first-order valence-electron chi connectivity index (χ1n) is 13.4. The number of aryl methyl sites for hydroxylation is 1. The van der Waals surface area contributed by atoms with Crippen molar-refractivity contribution in [2.24, 2.45) is 5.92 Å². The molecular formula is C31H30FN3O3. The van der Waals surface area contributed by atoms with Crippen LogP contribution in [0.25, 0.3) is 16.6 Å². The number of hydrogen-bond donors (Lipinski definition) is 0. The third kappa shape index (κ3) is 3.71. The molecule has 3 aliphatic rings. The number of fused-ring (bicyclic) bond motifs is 2. The van der Waals surface area contributed by atoms with Crippen LogP contribution in [0.2, 0.25) is 0 Å². The second kappa shape index (κ2) is 8.95. The monoisotopic (exact) mass is 511 g/mol. The quantitative estimate of drug-likeness (QED) is 0.350. The van der Waals surface area contributed by atoms with Gasteiger partial charge in [0.15, 0.2) is 0 Å². The van der Waals surface area contributed by atoms with Crippen LogP contribution in [0, 0.1) is 18.7 Å². The van der Waals surface area contributed by atoms with E-state index in [9.17, 15) is 9.18 Å². The molecule has 7 rings (SSSR count). The third-order valence-electron chi connectivity index (χ3n) is 8.72. The van der Waals surface area contributed by atoms with Gasteiger partial charge in [-0.15, -0.1) is 0 Å². The molecule has 0 bridgehead atoms. The zero-order valence-corrected chi connectivity index (χ0v) is 21.3. The van der Waals surface area contributed by atoms with E-state index in [2.05, 4.69) is 48.4 Å². The van der Waals surface area contributed by atoms with Gasteiger partial charge in [-0.2, -0.15) is 5.10 Å². The van der Waals surface area contributed by atoms with Crippen molar-refractivity contribution in [2.75, 3.05) is 26.3 Å². The van der Waals surface area contributed by atoms with Crippen molar-refractivity contribution < 1.29 is 18.7 Å². The minimum Gasteiger partial charge on any atom is -0.446 e. The van der Waals surface area contributed by atoms with Gasteiger partial charge >= 0.3 is 6.09 Å². The number of nitrogens with zero attached hydrogens (tertiary/aromatic N) is 3. The van der Waals surface area contributed by atoms with E-state index in [1.165, 1.54) is 28.8 Å². The number of benzene rings is 3. The zero-order valence-electron chi connectivity index (χ0n) is 21.3. The minimum atomic E-state index is -0.268. The molecular weight excluding hydrogens is 481 g/mol. The normalized spacial score (nSPS) is 24.9. The van der Waals surface area contributed by atoms with Gasteiger partial charge in [0.1, 0.15) is 11.9 Å². The second-order valence-corrected chi connectivity index (χ2v) is 10.9. The highest BCUT2D eigenvalue weighted by molar-refractivity contribution is 5.83. The van der Waals surface area contributed by atoms with Gasteiger partial charge in [0.25, 0.3) is 0 Å². The predicted molar refractivity (Wildman–Crippen MR) is 142 cm³/mol. The van der Waals surface area contributed by atoms with E-state index in [4.69, 9.17) is 9.47 Å². The number of halogens is 1. The Labute approximate surface area is 221 Å². The molecule has 3 aromatic carbocycles. The molecule has 3 heterocycles. The molecule has 1 saturated carbocycles. The zero-order chi connectivity index (χ0) is 25.9. The average Bonchev–Trinajstić information content (AvgIpc) is 3.20. The highest BCUT2D eigenvalue weighted by Gasteiger charge is 2.71. The maximum atomic E-state index is 13.5. The Kier molecular flexibility index (Phi) is 5.51. The minimum absolute atomic E-state index is 0.0653. The summed E-state index contributed by atoms with van der Waals surface area (Å²) in [5.74, 6) is 0.408. The van der Waals surface area contributed by atoms with Gasteiger partial charge < -0.3 is 14.4 Å². The Morgan fingerprint density at radius 2 is 1.84 bits per heavy atom. The van der Waals surface area contributed by atoms with Gasteiger partial charge in [-0.05, 0) is 65.9 Å². The summed E-state index contributed by atoms with van der Waals surface area (Å²) in [5, 5.41) is 5.66. The van der Waals surface area contributed by atoms with Crippen LogP contribution in [-0.4, -0.2) is 53.2 Å². The van der Waals surface area contributed by atoms with Gasteiger partial charge in [0.2, 0.25) is 0 Å². The summed E-state index contributed by atoms with van der Waals surface area (Å²) in [6, 6.07) is 21.5. The molecule has 3 atom stereocenters. The Morgan fingerprint density at radius 1 is 1.08 bits per heavy atom. The van der Waals surface area contributed by atoms with Gasteiger partial charge in [-0.1, -0.05) is 30.3 Å². The standard InChI is InChI=1S/C31H30FN3O3/c1-20-15-28-22(17-33-35(28)24-9-7-23(32)8-10-24)16-26(20)31-19-34(30(36)38-25-11-13-37-14-12-25)18-27(31)29(31)21-5-3-2-4-6-21/h2-10,15-17,25,27,29H,11-14,18-19H2,1H3/t27-,29-,31+/m1/s1. The Bertz CT molecular complexity index is 1500. The Balaban J connectivity index is 1.24. The van der Waals surface area contributed by atoms with Crippen molar-refractivity contribution in [3.63, 3.8) is 0 Å². The number of likely N-dealkylation sites (tertiary alicyclic amines) is 1. The smallest absolute Gasteiger partial charge is 0.410 e. The topological polar surface area (TPSA) is 56.6 Å². The molecule has 38 heavy (non-hydrogen) atoms. The molecule has 0 N–H and O–H groups in total. The molecule has 1 aromatic heterocycles. The van der Waals surface area contributed by atoms with Gasteiger partial charge in [0, 0.05) is 42.7 Å². The fourth-order valence-electron chi connectivity index (χ4n) is 6.88. The molecule has 194 valence electrons. The van der Waals surface area contributed by atoms with E-state index in [0.29, 0.717) is 38.1 Å². The number of aromatic nitrogens is 2. The van der Waals surface area contributed by atoms with Crippen LogP contribution in [0.1, 0.15) is 35.4 Å². The lowest BCUT2D eigenvalue weighted by Gasteiger charge is -2.28. The lowest BCUT2D eigenvalue weighted by Crippen LogP contribution is -2.38. The maximum Gasteiger partial charge on any atom is 0.410 e. The van der Waals surface area contributed by atoms with E-state index < -0.39 is 0 Å². The van der Waals surface area contributed by atoms with E-state index in [-0.39, 0.29) is 23.4 Å². The number of carbonyl (C=O) groups excluding carboxylic acids is 1. The predicted octanol–water partition coefficient (Wildman–Crippen LogP) is 5.76. The molecule has 7 heteroatoms. The van der Waals surface area contributed by atoms with E-state index in [1.807, 2.05) is 21.8 Å². The molecule has 2 aliphatic heterocycles. The highest BCUT2D eigenvalue weighted by atomic mass is 19.1. The summed E-state index contributed by atoms with van der Waals surface area (Å²) in [5.41, 5.74) is 5.40. The van der Waals surface area contributed by atoms with Crippen LogP contribution < -0.4 is 0 Å². The fourth-order valence-corrected chi connectivity index (χ4v) is 6.88. The number of hydrogen-bond acceptors (Lipinski definition) is 4. The van der Waals surface area contributed by atoms with Crippen molar-refractivity contribution >= 4 is 17.0 Å². The molecule has 3 fully saturated rings. The Hall–Kier alpha value is -3.71. The average molecular weight is 512 g/mol. The molecule has 2 saturated heterocycles. The van der Waals surface area contributed by atoms with E-state index in [0.717, 1.165) is 29.4 Å². The summed E-state index contributed by atoms with van der Waals surface area (Å²) in [6.45, 7) is 4.76. The van der Waals surface area contributed by atoms with Crippen molar-refractivity contribution in [3.05, 3.63) is 95.4 Å². The number of piperidine rings is 1. The number of carbonyl (C=O) groups is 1. The highest BCUT2D eigenvalue weighted by Crippen LogP contribution is 2.69. The summed E-state index contributed by atoms with van der Waals surface area (Å²) in [4.78, 5) is 15.1. The molecule has 0 spiro atoms. The summed E-state index contributed by atoms with van der Waals surface area (Å²) >= 11 is 0. The van der Waals surface area contributed by atoms with Crippen LogP contribution in [-0.2, 0) is 14.9 Å². The van der Waals surface area contributed by atoms with Crippen LogP contribution in [0.4, 0.5) is 9.18 Å². The Morgan fingerprint density at radius 3 is 2.61 bits per heavy atom. The lowest BCUT2D eigenvalue weighted by molar-refractivity contribution is -0.00943. The summed E-state index contributed by atoms with van der Waals surface area (Å²) < 4.78 is 26.7. The third-order valence-corrected chi connectivity index (χ3v) is 8.72. The fraction of sp³-hybridized carbons (Fsp3) is 0.355. The molecule has 0 unspecified atom stereocenters.